The summed E-state index contributed by atoms with van der Waals surface area (Å²) in [6, 6.07) is 3.68. The third-order valence-corrected chi connectivity index (χ3v) is 3.45. The molecule has 7 nitrogen and oxygen atoms in total. The van der Waals surface area contributed by atoms with E-state index in [-0.39, 0.29) is 11.9 Å². The molecule has 0 radical (unpaired) electrons. The first-order valence-corrected chi connectivity index (χ1v) is 6.49. The molecule has 2 heterocycles. The average Bonchev–Trinajstić information content (AvgIpc) is 2.41. The van der Waals surface area contributed by atoms with Gasteiger partial charge in [-0.15, -0.1) is 0 Å². The van der Waals surface area contributed by atoms with Crippen molar-refractivity contribution in [3.63, 3.8) is 0 Å². The summed E-state index contributed by atoms with van der Waals surface area (Å²) >= 11 is 0. The number of nitrogens with one attached hydrogen (secondary N) is 1. The Morgan fingerprint density at radius 2 is 2.20 bits per heavy atom. The van der Waals surface area contributed by atoms with Crippen molar-refractivity contribution in [3.8, 4) is 0 Å². The van der Waals surface area contributed by atoms with Gasteiger partial charge in [-0.1, -0.05) is 0 Å². The lowest BCUT2D eigenvalue weighted by molar-refractivity contribution is 0.0957. The lowest BCUT2D eigenvalue weighted by Gasteiger charge is -2.44. The van der Waals surface area contributed by atoms with Crippen LogP contribution in [0.5, 0.6) is 0 Å². The van der Waals surface area contributed by atoms with Gasteiger partial charge in [0.15, 0.2) is 0 Å². The van der Waals surface area contributed by atoms with E-state index in [2.05, 4.69) is 15.2 Å². The van der Waals surface area contributed by atoms with E-state index < -0.39 is 6.09 Å². The fourth-order valence-corrected chi connectivity index (χ4v) is 2.28. The highest BCUT2D eigenvalue weighted by Gasteiger charge is 2.34. The maximum Gasteiger partial charge on any atom is 0.407 e. The second kappa shape index (κ2) is 5.77. The number of hydrogen-bond acceptors (Lipinski definition) is 4. The van der Waals surface area contributed by atoms with Crippen LogP contribution in [0.25, 0.3) is 0 Å². The standard InChI is InChI=1S/C13H18N4O3/c1-3-17(10-7-16(8-10)13(19)20)9-4-5-11(15-6-9)12(18)14-2/h4-6,10H,3,7-8H2,1-2H3,(H,14,18)(H,19,20). The summed E-state index contributed by atoms with van der Waals surface area (Å²) in [7, 11) is 1.56. The Bertz CT molecular complexity index is 497. The van der Waals surface area contributed by atoms with Gasteiger partial charge in [-0.3, -0.25) is 4.79 Å². The third kappa shape index (κ3) is 2.66. The fourth-order valence-electron chi connectivity index (χ4n) is 2.28. The maximum absolute atomic E-state index is 11.4. The molecule has 20 heavy (non-hydrogen) atoms. The summed E-state index contributed by atoms with van der Waals surface area (Å²) in [5.74, 6) is -0.222. The molecule has 2 N–H and O–H groups in total. The van der Waals surface area contributed by atoms with Crippen molar-refractivity contribution in [1.82, 2.24) is 15.2 Å². The zero-order valence-corrected chi connectivity index (χ0v) is 11.5. The van der Waals surface area contributed by atoms with Crippen LogP contribution < -0.4 is 10.2 Å². The number of nitrogens with zero attached hydrogens (tertiary/aromatic N) is 3. The molecule has 1 aliphatic heterocycles. The van der Waals surface area contributed by atoms with Crippen LogP contribution in [0.1, 0.15) is 17.4 Å². The van der Waals surface area contributed by atoms with E-state index in [0.29, 0.717) is 18.8 Å². The predicted molar refractivity (Wildman–Crippen MR) is 74.0 cm³/mol. The normalized spacial score (nSPS) is 14.6. The summed E-state index contributed by atoms with van der Waals surface area (Å²) in [5.41, 5.74) is 1.27. The van der Waals surface area contributed by atoms with E-state index in [9.17, 15) is 9.59 Å². The number of amides is 2. The van der Waals surface area contributed by atoms with Gasteiger partial charge >= 0.3 is 6.09 Å². The third-order valence-electron chi connectivity index (χ3n) is 3.45. The highest BCUT2D eigenvalue weighted by Crippen LogP contribution is 2.22. The minimum atomic E-state index is -0.884. The lowest BCUT2D eigenvalue weighted by Crippen LogP contribution is -2.61. The zero-order valence-electron chi connectivity index (χ0n) is 11.5. The maximum atomic E-state index is 11.4. The van der Waals surface area contributed by atoms with Gasteiger partial charge in [-0.2, -0.15) is 0 Å². The van der Waals surface area contributed by atoms with E-state index in [0.717, 1.165) is 12.2 Å². The van der Waals surface area contributed by atoms with Crippen LogP contribution in [-0.4, -0.2) is 59.7 Å². The number of aromatic nitrogens is 1. The zero-order chi connectivity index (χ0) is 14.7. The van der Waals surface area contributed by atoms with Crippen molar-refractivity contribution in [3.05, 3.63) is 24.0 Å². The quantitative estimate of drug-likeness (QED) is 0.843. The highest BCUT2D eigenvalue weighted by molar-refractivity contribution is 5.92. The molecule has 0 spiro atoms. The Hall–Kier alpha value is -2.31. The van der Waals surface area contributed by atoms with Crippen LogP contribution >= 0.6 is 0 Å². The smallest absolute Gasteiger partial charge is 0.407 e. The number of likely N-dealkylation sites (tertiary alicyclic amines) is 1. The van der Waals surface area contributed by atoms with Crippen LogP contribution in [0.4, 0.5) is 10.5 Å². The summed E-state index contributed by atoms with van der Waals surface area (Å²) in [6.07, 6.45) is 0.766. The molecule has 1 saturated heterocycles. The number of likely N-dealkylation sites (N-methyl/N-ethyl adjacent to an activating group) is 1. The first-order valence-electron chi connectivity index (χ1n) is 6.49. The number of carboxylic acid groups (broad SMARTS) is 1. The molecule has 1 aromatic heterocycles. The van der Waals surface area contributed by atoms with Crippen molar-refractivity contribution in [2.24, 2.45) is 0 Å². The van der Waals surface area contributed by atoms with E-state index in [1.54, 1.807) is 19.3 Å². The number of anilines is 1. The van der Waals surface area contributed by atoms with Gasteiger partial charge in [0, 0.05) is 26.7 Å². The van der Waals surface area contributed by atoms with Crippen LogP contribution in [0, 0.1) is 0 Å². The first-order chi connectivity index (χ1) is 9.56. The average molecular weight is 278 g/mol. The van der Waals surface area contributed by atoms with E-state index >= 15 is 0 Å². The topological polar surface area (TPSA) is 85.8 Å². The molecule has 0 bridgehead atoms. The van der Waals surface area contributed by atoms with Gasteiger partial charge in [0.1, 0.15) is 5.69 Å². The van der Waals surface area contributed by atoms with Crippen molar-refractivity contribution in [2.75, 3.05) is 31.6 Å². The number of rotatable bonds is 4. The first kappa shape index (κ1) is 14.1. The minimum Gasteiger partial charge on any atom is -0.465 e. The van der Waals surface area contributed by atoms with Crippen molar-refractivity contribution < 1.29 is 14.7 Å². The number of pyridine rings is 1. The minimum absolute atomic E-state index is 0.170. The van der Waals surface area contributed by atoms with Gasteiger partial charge in [0.05, 0.1) is 17.9 Å². The van der Waals surface area contributed by atoms with Crippen molar-refractivity contribution in [1.29, 1.82) is 0 Å². The Balaban J connectivity index is 2.05. The molecule has 0 unspecified atom stereocenters. The molecule has 1 aromatic rings. The number of hydrogen-bond donors (Lipinski definition) is 2. The molecule has 1 fully saturated rings. The Morgan fingerprint density at radius 3 is 2.65 bits per heavy atom. The van der Waals surface area contributed by atoms with Gasteiger partial charge in [0.25, 0.3) is 5.91 Å². The summed E-state index contributed by atoms with van der Waals surface area (Å²) in [6.45, 7) is 3.77. The molecule has 7 heteroatoms. The van der Waals surface area contributed by atoms with Crippen molar-refractivity contribution >= 4 is 17.7 Å². The number of carbonyl (C=O) groups is 2. The van der Waals surface area contributed by atoms with Crippen LogP contribution in [0.3, 0.4) is 0 Å². The molecular weight excluding hydrogens is 260 g/mol. The van der Waals surface area contributed by atoms with Crippen LogP contribution in [0.15, 0.2) is 18.3 Å². The highest BCUT2D eigenvalue weighted by atomic mass is 16.4. The van der Waals surface area contributed by atoms with Gasteiger partial charge in [-0.05, 0) is 19.1 Å². The van der Waals surface area contributed by atoms with Crippen LogP contribution in [-0.2, 0) is 0 Å². The Kier molecular flexibility index (Phi) is 4.07. The van der Waals surface area contributed by atoms with E-state index in [4.69, 9.17) is 5.11 Å². The molecule has 0 saturated carbocycles. The largest absolute Gasteiger partial charge is 0.465 e. The van der Waals surface area contributed by atoms with Gasteiger partial charge in [0.2, 0.25) is 0 Å². The Labute approximate surface area is 117 Å². The SMILES string of the molecule is CCN(c1ccc(C(=O)NC)nc1)C1CN(C(=O)O)C1. The lowest BCUT2D eigenvalue weighted by atomic mass is 10.1. The second-order valence-corrected chi connectivity index (χ2v) is 4.61. The number of carbonyl (C=O) groups excluding carboxylic acids is 1. The molecule has 2 amide bonds. The molecule has 0 atom stereocenters. The second-order valence-electron chi connectivity index (χ2n) is 4.61. The van der Waals surface area contributed by atoms with Gasteiger partial charge < -0.3 is 20.2 Å². The molecule has 0 aliphatic carbocycles. The summed E-state index contributed by atoms with van der Waals surface area (Å²) < 4.78 is 0. The Morgan fingerprint density at radius 1 is 1.50 bits per heavy atom. The van der Waals surface area contributed by atoms with E-state index in [1.807, 2.05) is 13.0 Å². The van der Waals surface area contributed by atoms with E-state index in [1.165, 1.54) is 4.90 Å². The van der Waals surface area contributed by atoms with Crippen molar-refractivity contribution in [2.45, 2.75) is 13.0 Å². The molecule has 2 rings (SSSR count). The summed E-state index contributed by atoms with van der Waals surface area (Å²) in [4.78, 5) is 29.8. The molecule has 0 aromatic carbocycles. The molecule has 1 aliphatic rings. The summed E-state index contributed by atoms with van der Waals surface area (Å²) in [5, 5.41) is 11.4. The van der Waals surface area contributed by atoms with Crippen LogP contribution in [0.2, 0.25) is 0 Å². The molecular formula is C13H18N4O3. The van der Waals surface area contributed by atoms with Gasteiger partial charge in [-0.25, -0.2) is 9.78 Å². The monoisotopic (exact) mass is 278 g/mol. The fraction of sp³-hybridized carbons (Fsp3) is 0.462. The predicted octanol–water partition coefficient (Wildman–Crippen LogP) is 0.630. The molecule has 108 valence electrons.